The lowest BCUT2D eigenvalue weighted by molar-refractivity contribution is 0.0767. The van der Waals surface area contributed by atoms with E-state index in [1.54, 1.807) is 19.2 Å². The van der Waals surface area contributed by atoms with Gasteiger partial charge in [0.2, 0.25) is 0 Å². The number of fused-ring (bicyclic) bond motifs is 5. The Hall–Kier alpha value is -0.600. The van der Waals surface area contributed by atoms with Gasteiger partial charge in [0.15, 0.2) is 5.96 Å². The number of guanidine groups is 1. The summed E-state index contributed by atoms with van der Waals surface area (Å²) in [5.74, 6) is 1.76. The summed E-state index contributed by atoms with van der Waals surface area (Å²) < 4.78 is 19.9. The van der Waals surface area contributed by atoms with Gasteiger partial charge >= 0.3 is 0 Å². The smallest absolute Gasteiger partial charge is 0.193 e. The number of benzene rings is 1. The molecule has 24 heavy (non-hydrogen) atoms. The Morgan fingerprint density at radius 1 is 1.33 bits per heavy atom. The minimum Gasteiger partial charge on any atom is -0.374 e. The molecule has 0 aromatic heterocycles. The van der Waals surface area contributed by atoms with Gasteiger partial charge in [-0.05, 0) is 25.0 Å². The Morgan fingerprint density at radius 2 is 2.00 bits per heavy atom. The largest absolute Gasteiger partial charge is 0.374 e. The number of halogens is 3. The van der Waals surface area contributed by atoms with Crippen molar-refractivity contribution in [2.24, 2.45) is 16.8 Å². The number of likely N-dealkylation sites (tertiary alicyclic amines) is 1. The summed E-state index contributed by atoms with van der Waals surface area (Å²) in [5, 5.41) is 3.70. The molecule has 3 aliphatic rings. The Labute approximate surface area is 163 Å². The van der Waals surface area contributed by atoms with Crippen LogP contribution in [0.3, 0.4) is 0 Å². The molecular weight excluding hydrogens is 444 g/mol. The second-order valence-corrected chi connectivity index (χ2v) is 7.03. The van der Waals surface area contributed by atoms with Crippen LogP contribution in [-0.2, 0) is 11.3 Å². The van der Waals surface area contributed by atoms with Gasteiger partial charge in [0, 0.05) is 49.1 Å². The van der Waals surface area contributed by atoms with Crippen LogP contribution in [-0.4, -0.2) is 43.2 Å². The van der Waals surface area contributed by atoms with Crippen molar-refractivity contribution in [3.63, 3.8) is 0 Å². The predicted octanol–water partition coefficient (Wildman–Crippen LogP) is 3.28. The van der Waals surface area contributed by atoms with Crippen molar-refractivity contribution in [1.82, 2.24) is 10.2 Å². The third kappa shape index (κ3) is 3.12. The second kappa shape index (κ2) is 7.33. The summed E-state index contributed by atoms with van der Waals surface area (Å²) in [4.78, 5) is 6.64. The first kappa shape index (κ1) is 18.2. The maximum atomic E-state index is 13.9. The summed E-state index contributed by atoms with van der Waals surface area (Å²) in [6.45, 7) is 2.28. The van der Waals surface area contributed by atoms with Crippen LogP contribution < -0.4 is 5.32 Å². The molecule has 0 radical (unpaired) electrons. The zero-order valence-corrected chi connectivity index (χ0v) is 16.6. The van der Waals surface area contributed by atoms with Crippen LogP contribution in [0.4, 0.5) is 4.39 Å². The number of rotatable bonds is 2. The monoisotopic (exact) mass is 465 g/mol. The van der Waals surface area contributed by atoms with Crippen molar-refractivity contribution in [3.05, 3.63) is 34.6 Å². The Kier molecular flexibility index (Phi) is 5.56. The standard InChI is InChI=1S/C17H21ClFN3O.HI/c1-20-17(21-7-10-13(18)3-2-4-14(10)19)22-8-11-12(9-22)16-6-5-15(11)23-16;/h2-4,11-12,15-16H,5-9H2,1H3,(H,20,21);1H. The van der Waals surface area contributed by atoms with Gasteiger partial charge < -0.3 is 15.0 Å². The molecular formula is C17H22ClFIN3O. The van der Waals surface area contributed by atoms with Crippen molar-refractivity contribution in [2.45, 2.75) is 31.6 Å². The van der Waals surface area contributed by atoms with E-state index in [9.17, 15) is 4.39 Å². The van der Waals surface area contributed by atoms with E-state index < -0.39 is 0 Å². The highest BCUT2D eigenvalue weighted by molar-refractivity contribution is 14.0. The Morgan fingerprint density at radius 3 is 2.58 bits per heavy atom. The maximum absolute atomic E-state index is 13.9. The third-order valence-electron chi connectivity index (χ3n) is 5.45. The highest BCUT2D eigenvalue weighted by Crippen LogP contribution is 2.47. The van der Waals surface area contributed by atoms with Gasteiger partial charge in [0.25, 0.3) is 0 Å². The van der Waals surface area contributed by atoms with Gasteiger partial charge in [-0.3, -0.25) is 4.99 Å². The number of ether oxygens (including phenoxy) is 1. The number of hydrogen-bond donors (Lipinski definition) is 1. The lowest BCUT2D eigenvalue weighted by Crippen LogP contribution is -2.41. The molecule has 3 heterocycles. The first-order chi connectivity index (χ1) is 11.2. The molecule has 3 aliphatic heterocycles. The van der Waals surface area contributed by atoms with E-state index in [2.05, 4.69) is 15.2 Å². The highest BCUT2D eigenvalue weighted by Gasteiger charge is 2.53. The minimum absolute atomic E-state index is 0. The first-order valence-electron chi connectivity index (χ1n) is 8.21. The average Bonchev–Trinajstić information content (AvgIpc) is 3.22. The molecule has 4 rings (SSSR count). The van der Waals surface area contributed by atoms with Crippen LogP contribution in [0.1, 0.15) is 18.4 Å². The second-order valence-electron chi connectivity index (χ2n) is 6.62. The molecule has 3 fully saturated rings. The molecule has 3 saturated heterocycles. The summed E-state index contributed by atoms with van der Waals surface area (Å²) in [6, 6.07) is 4.76. The lowest BCUT2D eigenvalue weighted by Gasteiger charge is -2.23. The van der Waals surface area contributed by atoms with Crippen LogP contribution >= 0.6 is 35.6 Å². The molecule has 7 heteroatoms. The molecule has 1 aromatic carbocycles. The molecule has 4 unspecified atom stereocenters. The van der Waals surface area contributed by atoms with E-state index in [4.69, 9.17) is 16.3 Å². The zero-order chi connectivity index (χ0) is 16.0. The van der Waals surface area contributed by atoms with Gasteiger partial charge in [-0.1, -0.05) is 17.7 Å². The van der Waals surface area contributed by atoms with Gasteiger partial charge in [-0.25, -0.2) is 4.39 Å². The van der Waals surface area contributed by atoms with Crippen LogP contribution in [0.5, 0.6) is 0 Å². The van der Waals surface area contributed by atoms with E-state index in [0.717, 1.165) is 19.0 Å². The number of aliphatic imine (C=N–C) groups is 1. The number of nitrogens with one attached hydrogen (secondary N) is 1. The van der Waals surface area contributed by atoms with E-state index in [0.29, 0.717) is 41.2 Å². The third-order valence-corrected chi connectivity index (χ3v) is 5.80. The molecule has 1 N–H and O–H groups in total. The molecule has 0 saturated carbocycles. The van der Waals surface area contributed by atoms with Crippen LogP contribution in [0.2, 0.25) is 5.02 Å². The van der Waals surface area contributed by atoms with Crippen molar-refractivity contribution >= 4 is 41.5 Å². The van der Waals surface area contributed by atoms with Gasteiger partial charge in [0.1, 0.15) is 5.82 Å². The molecule has 4 atom stereocenters. The minimum atomic E-state index is -0.287. The first-order valence-corrected chi connectivity index (χ1v) is 8.59. The van der Waals surface area contributed by atoms with Crippen molar-refractivity contribution < 1.29 is 9.13 Å². The van der Waals surface area contributed by atoms with Crippen molar-refractivity contribution in [2.75, 3.05) is 20.1 Å². The predicted molar refractivity (Wildman–Crippen MR) is 103 cm³/mol. The van der Waals surface area contributed by atoms with E-state index >= 15 is 0 Å². The number of hydrogen-bond acceptors (Lipinski definition) is 2. The van der Waals surface area contributed by atoms with E-state index in [1.807, 2.05) is 0 Å². The Balaban J connectivity index is 0.00000169. The maximum Gasteiger partial charge on any atom is 0.193 e. The van der Waals surface area contributed by atoms with E-state index in [1.165, 1.54) is 18.9 Å². The Bertz CT molecular complexity index is 606. The highest BCUT2D eigenvalue weighted by atomic mass is 127. The molecule has 0 spiro atoms. The molecule has 132 valence electrons. The molecule has 4 nitrogen and oxygen atoms in total. The van der Waals surface area contributed by atoms with Crippen molar-refractivity contribution in [1.29, 1.82) is 0 Å². The van der Waals surface area contributed by atoms with Gasteiger partial charge in [-0.15, -0.1) is 24.0 Å². The molecule has 0 aliphatic carbocycles. The van der Waals surface area contributed by atoms with Gasteiger partial charge in [0.05, 0.1) is 12.2 Å². The van der Waals surface area contributed by atoms with Crippen LogP contribution in [0.25, 0.3) is 0 Å². The lowest BCUT2D eigenvalue weighted by atomic mass is 9.82. The zero-order valence-electron chi connectivity index (χ0n) is 13.5. The quantitative estimate of drug-likeness (QED) is 0.414. The van der Waals surface area contributed by atoms with Crippen LogP contribution in [0.15, 0.2) is 23.2 Å². The van der Waals surface area contributed by atoms with E-state index in [-0.39, 0.29) is 29.8 Å². The fraction of sp³-hybridized carbons (Fsp3) is 0.588. The SMILES string of the molecule is CN=C(NCc1c(F)cccc1Cl)N1CC2C3CCC(O3)C2C1.I. The molecule has 0 amide bonds. The molecule has 1 aromatic rings. The molecule has 2 bridgehead atoms. The fourth-order valence-electron chi connectivity index (χ4n) is 4.33. The van der Waals surface area contributed by atoms with Crippen molar-refractivity contribution in [3.8, 4) is 0 Å². The van der Waals surface area contributed by atoms with Crippen LogP contribution in [0, 0.1) is 17.7 Å². The fourth-order valence-corrected chi connectivity index (χ4v) is 4.56. The number of nitrogens with zero attached hydrogens (tertiary/aromatic N) is 2. The van der Waals surface area contributed by atoms with Gasteiger partial charge in [-0.2, -0.15) is 0 Å². The summed E-state index contributed by atoms with van der Waals surface area (Å²) in [7, 11) is 1.77. The summed E-state index contributed by atoms with van der Waals surface area (Å²) in [5.41, 5.74) is 0.484. The topological polar surface area (TPSA) is 36.9 Å². The normalized spacial score (nSPS) is 31.1. The summed E-state index contributed by atoms with van der Waals surface area (Å²) >= 11 is 6.09. The average molecular weight is 466 g/mol. The summed E-state index contributed by atoms with van der Waals surface area (Å²) in [6.07, 6.45) is 3.23.